The summed E-state index contributed by atoms with van der Waals surface area (Å²) < 4.78 is 51.9. The molecule has 0 unspecified atom stereocenters. The summed E-state index contributed by atoms with van der Waals surface area (Å²) >= 11 is 0. The Hall–Kier alpha value is -3.01. The molecule has 9 heteroatoms. The first kappa shape index (κ1) is 30.5. The number of nitrogens with one attached hydrogen (secondary N) is 2. The average molecular weight is 571 g/mol. The van der Waals surface area contributed by atoms with E-state index in [9.17, 15) is 13.2 Å². The van der Waals surface area contributed by atoms with Crippen LogP contribution in [-0.2, 0) is 20.3 Å². The molecule has 0 saturated carbocycles. The predicted molar refractivity (Wildman–Crippen MR) is 157 cm³/mol. The van der Waals surface area contributed by atoms with E-state index in [-0.39, 0.29) is 0 Å². The third-order valence-electron chi connectivity index (χ3n) is 6.58. The van der Waals surface area contributed by atoms with Crippen LogP contribution in [0.3, 0.4) is 0 Å². The number of hydrogen-bond donors (Lipinski definition) is 2. The highest BCUT2D eigenvalue weighted by Crippen LogP contribution is 2.35. The summed E-state index contributed by atoms with van der Waals surface area (Å²) in [5.41, 5.74) is -1.32. The SMILES string of the molecule is CC(C)(C)OC(=O)NC(C)(C)c1ccc(S(=O)(=O)N[Si](c2ccccc2)(c2ccccc2)C(C)(C)C)c(F)c1. The fourth-order valence-corrected chi connectivity index (χ4v) is 12.9. The van der Waals surface area contributed by atoms with Crippen LogP contribution in [0.25, 0.3) is 0 Å². The standard InChI is InChI=1S/C30H39FN2O4SSi/c1-28(2,3)37-27(34)32-30(7,8)22-19-20-26(25(31)21-22)38(35,36)33-39(29(4,5)6,23-15-11-9-12-16-23)24-17-13-10-14-18-24/h9-21,33H,1-8H3,(H,32,34). The minimum atomic E-state index is -4.31. The Morgan fingerprint density at radius 3 is 1.69 bits per heavy atom. The Kier molecular flexibility index (Phi) is 8.51. The molecule has 39 heavy (non-hydrogen) atoms. The molecule has 0 aliphatic carbocycles. The first-order valence-corrected chi connectivity index (χ1v) is 16.3. The third kappa shape index (κ3) is 6.77. The molecular formula is C30H39FN2O4SSi. The quantitative estimate of drug-likeness (QED) is 0.372. The van der Waals surface area contributed by atoms with Crippen LogP contribution in [0.4, 0.5) is 9.18 Å². The molecule has 0 aliphatic rings. The number of amides is 1. The van der Waals surface area contributed by atoms with Gasteiger partial charge in [0.2, 0.25) is 18.3 Å². The lowest BCUT2D eigenvalue weighted by Crippen LogP contribution is -2.74. The van der Waals surface area contributed by atoms with Crippen LogP contribution in [0.1, 0.15) is 61.0 Å². The molecule has 6 nitrogen and oxygen atoms in total. The normalized spacial score (nSPS) is 13.2. The Balaban J connectivity index is 2.07. The van der Waals surface area contributed by atoms with Crippen molar-refractivity contribution in [2.24, 2.45) is 0 Å². The second kappa shape index (κ2) is 10.9. The van der Waals surface area contributed by atoms with Crippen LogP contribution in [0.2, 0.25) is 5.04 Å². The Labute approximate surface area is 233 Å². The highest BCUT2D eigenvalue weighted by atomic mass is 32.2. The number of carbonyl (C=O) groups excluding carboxylic acids is 1. The van der Waals surface area contributed by atoms with Gasteiger partial charge >= 0.3 is 6.09 Å². The van der Waals surface area contributed by atoms with Crippen LogP contribution >= 0.6 is 0 Å². The minimum Gasteiger partial charge on any atom is -0.444 e. The van der Waals surface area contributed by atoms with Crippen molar-refractivity contribution in [1.29, 1.82) is 0 Å². The van der Waals surface area contributed by atoms with Crippen molar-refractivity contribution in [3.8, 4) is 0 Å². The molecule has 0 heterocycles. The van der Waals surface area contributed by atoms with E-state index < -0.39 is 51.2 Å². The molecule has 1 amide bonds. The van der Waals surface area contributed by atoms with Gasteiger partial charge in [-0.15, -0.1) is 0 Å². The second-order valence-electron chi connectivity index (χ2n) is 12.2. The van der Waals surface area contributed by atoms with Crippen molar-refractivity contribution in [3.05, 3.63) is 90.2 Å². The fourth-order valence-electron chi connectivity index (χ4n) is 4.67. The summed E-state index contributed by atoms with van der Waals surface area (Å²) in [6, 6.07) is 22.9. The lowest BCUT2D eigenvalue weighted by atomic mass is 9.94. The van der Waals surface area contributed by atoms with E-state index >= 15 is 4.39 Å². The summed E-state index contributed by atoms with van der Waals surface area (Å²) in [7, 11) is -7.58. The Bertz CT molecular complexity index is 1380. The summed E-state index contributed by atoms with van der Waals surface area (Å²) in [5.74, 6) is -0.906. The molecule has 0 spiro atoms. The molecule has 0 aromatic heterocycles. The lowest BCUT2D eigenvalue weighted by Gasteiger charge is -2.43. The average Bonchev–Trinajstić information content (AvgIpc) is 2.81. The summed E-state index contributed by atoms with van der Waals surface area (Å²) in [6.07, 6.45) is -0.655. The lowest BCUT2D eigenvalue weighted by molar-refractivity contribution is 0.0470. The van der Waals surface area contributed by atoms with Crippen molar-refractivity contribution in [2.75, 3.05) is 0 Å². The maximum absolute atomic E-state index is 15.6. The molecule has 3 aromatic carbocycles. The smallest absolute Gasteiger partial charge is 0.408 e. The van der Waals surface area contributed by atoms with Crippen molar-refractivity contribution in [3.63, 3.8) is 0 Å². The molecule has 210 valence electrons. The van der Waals surface area contributed by atoms with Crippen molar-refractivity contribution < 1.29 is 22.3 Å². The number of halogens is 1. The highest BCUT2D eigenvalue weighted by Gasteiger charge is 2.51. The zero-order valence-corrected chi connectivity index (χ0v) is 25.7. The number of benzene rings is 3. The van der Waals surface area contributed by atoms with Gasteiger partial charge in [-0.05, 0) is 67.7 Å². The number of rotatable bonds is 7. The largest absolute Gasteiger partial charge is 0.444 e. The molecule has 3 rings (SSSR count). The zero-order valence-electron chi connectivity index (χ0n) is 23.9. The van der Waals surface area contributed by atoms with E-state index in [1.165, 1.54) is 12.1 Å². The second-order valence-corrected chi connectivity index (χ2v) is 18.7. The summed E-state index contributed by atoms with van der Waals surface area (Å²) in [5, 5.41) is 3.95. The van der Waals surface area contributed by atoms with Gasteiger partial charge in [0.1, 0.15) is 16.3 Å². The van der Waals surface area contributed by atoms with Gasteiger partial charge in [0.05, 0.1) is 5.54 Å². The molecule has 0 radical (unpaired) electrons. The van der Waals surface area contributed by atoms with E-state index in [1.54, 1.807) is 34.6 Å². The first-order chi connectivity index (χ1) is 17.9. The fraction of sp³-hybridized carbons (Fsp3) is 0.367. The molecular weight excluding hydrogens is 531 g/mol. The van der Waals surface area contributed by atoms with Gasteiger partial charge in [0.25, 0.3) is 0 Å². The monoisotopic (exact) mass is 570 g/mol. The van der Waals surface area contributed by atoms with E-state index in [1.807, 2.05) is 81.4 Å². The molecule has 3 aromatic rings. The van der Waals surface area contributed by atoms with Crippen molar-refractivity contribution >= 4 is 34.7 Å². The van der Waals surface area contributed by atoms with Crippen molar-refractivity contribution in [2.45, 2.75) is 76.5 Å². The summed E-state index contributed by atoms with van der Waals surface area (Å²) in [4.78, 5) is 11.9. The van der Waals surface area contributed by atoms with Gasteiger partial charge in [-0.25, -0.2) is 22.0 Å². The number of carbonyl (C=O) groups is 1. The Morgan fingerprint density at radius 2 is 1.28 bits per heavy atom. The maximum Gasteiger partial charge on any atom is 0.408 e. The number of alkyl carbamates (subject to hydrolysis) is 1. The maximum atomic E-state index is 15.6. The first-order valence-electron chi connectivity index (χ1n) is 12.9. The number of hydrogen-bond acceptors (Lipinski definition) is 4. The molecule has 0 atom stereocenters. The van der Waals surface area contributed by atoms with Crippen LogP contribution in [-0.4, -0.2) is 28.3 Å². The minimum absolute atomic E-state index is 0.398. The topological polar surface area (TPSA) is 84.5 Å². The Morgan fingerprint density at radius 1 is 0.795 bits per heavy atom. The molecule has 0 saturated heterocycles. The number of ether oxygens (including phenoxy) is 1. The van der Waals surface area contributed by atoms with E-state index in [2.05, 4.69) is 9.70 Å². The van der Waals surface area contributed by atoms with Gasteiger partial charge in [0.15, 0.2) is 0 Å². The molecule has 0 fully saturated rings. The van der Waals surface area contributed by atoms with E-state index in [0.29, 0.717) is 5.56 Å². The van der Waals surface area contributed by atoms with Gasteiger partial charge < -0.3 is 10.1 Å². The molecule has 2 N–H and O–H groups in total. The zero-order chi connectivity index (χ0) is 29.3. The van der Waals surface area contributed by atoms with Gasteiger partial charge in [-0.1, -0.05) is 87.5 Å². The molecule has 0 aliphatic heterocycles. The van der Waals surface area contributed by atoms with Crippen LogP contribution < -0.4 is 20.1 Å². The van der Waals surface area contributed by atoms with E-state index in [4.69, 9.17) is 4.74 Å². The van der Waals surface area contributed by atoms with Gasteiger partial charge in [-0.2, -0.15) is 0 Å². The highest BCUT2D eigenvalue weighted by molar-refractivity contribution is 7.91. The van der Waals surface area contributed by atoms with Crippen LogP contribution in [0, 0.1) is 5.82 Å². The summed E-state index contributed by atoms with van der Waals surface area (Å²) in [6.45, 7) is 14.7. The molecule has 0 bridgehead atoms. The van der Waals surface area contributed by atoms with E-state index in [0.717, 1.165) is 16.4 Å². The van der Waals surface area contributed by atoms with Gasteiger partial charge in [-0.3, -0.25) is 0 Å². The van der Waals surface area contributed by atoms with Crippen LogP contribution in [0.15, 0.2) is 83.8 Å². The third-order valence-corrected chi connectivity index (χ3v) is 14.4. The van der Waals surface area contributed by atoms with Gasteiger partial charge in [0, 0.05) is 0 Å². The number of sulfonamides is 1. The van der Waals surface area contributed by atoms with Crippen LogP contribution in [0.5, 0.6) is 0 Å². The van der Waals surface area contributed by atoms with Crippen molar-refractivity contribution in [1.82, 2.24) is 9.70 Å². The predicted octanol–water partition coefficient (Wildman–Crippen LogP) is 5.42.